The van der Waals surface area contributed by atoms with Gasteiger partial charge < -0.3 is 10.4 Å². The molecule has 0 heterocycles. The van der Waals surface area contributed by atoms with E-state index >= 15 is 0 Å². The molecule has 110 valence electrons. The van der Waals surface area contributed by atoms with Crippen LogP contribution in [0.1, 0.15) is 25.3 Å². The van der Waals surface area contributed by atoms with Crippen LogP contribution in [0, 0.1) is 3.57 Å². The fourth-order valence-corrected chi connectivity index (χ4v) is 3.24. The maximum absolute atomic E-state index is 10.8. The van der Waals surface area contributed by atoms with Gasteiger partial charge in [0.25, 0.3) is 0 Å². The molecule has 5 heteroatoms. The summed E-state index contributed by atoms with van der Waals surface area (Å²) in [6, 6.07) is 9.42. The summed E-state index contributed by atoms with van der Waals surface area (Å²) in [5.41, 5.74) is 1.30. The summed E-state index contributed by atoms with van der Waals surface area (Å²) < 4.78 is 1.26. The van der Waals surface area contributed by atoms with Crippen LogP contribution in [0.4, 0.5) is 0 Å². The lowest BCUT2D eigenvalue weighted by molar-refractivity contribution is -0.139. The molecule has 1 fully saturated rings. The van der Waals surface area contributed by atoms with Crippen LogP contribution < -0.4 is 5.32 Å². The second-order valence-corrected chi connectivity index (χ2v) is 6.54. The topological polar surface area (TPSA) is 52.6 Å². The minimum absolute atomic E-state index is 0.158. The number of carbonyl (C=O) groups is 1. The first-order chi connectivity index (χ1) is 9.58. The average Bonchev–Trinajstić information content (AvgIpc) is 2.35. The molecule has 0 radical (unpaired) electrons. The van der Waals surface area contributed by atoms with Crippen molar-refractivity contribution in [2.45, 2.75) is 38.4 Å². The Kier molecular flexibility index (Phi) is 5.80. The van der Waals surface area contributed by atoms with Gasteiger partial charge in [-0.1, -0.05) is 19.1 Å². The molecule has 0 bridgehead atoms. The lowest BCUT2D eigenvalue weighted by atomic mass is 9.85. The summed E-state index contributed by atoms with van der Waals surface area (Å²) in [5, 5.41) is 12.4. The van der Waals surface area contributed by atoms with Gasteiger partial charge in [0, 0.05) is 22.2 Å². The molecule has 0 aromatic heterocycles. The van der Waals surface area contributed by atoms with E-state index in [0.717, 1.165) is 25.9 Å². The van der Waals surface area contributed by atoms with E-state index < -0.39 is 5.97 Å². The zero-order chi connectivity index (χ0) is 14.5. The van der Waals surface area contributed by atoms with Gasteiger partial charge >= 0.3 is 5.97 Å². The Morgan fingerprint density at radius 3 is 2.85 bits per heavy atom. The van der Waals surface area contributed by atoms with Crippen LogP contribution in [0.2, 0.25) is 0 Å². The predicted molar refractivity (Wildman–Crippen MR) is 87.7 cm³/mol. The molecule has 4 nitrogen and oxygen atoms in total. The first-order valence-corrected chi connectivity index (χ1v) is 8.10. The number of carboxylic acid groups (broad SMARTS) is 1. The molecule has 2 rings (SSSR count). The number of nitrogens with one attached hydrogen (secondary N) is 1. The maximum Gasteiger partial charge on any atom is 0.317 e. The van der Waals surface area contributed by atoms with E-state index in [1.54, 1.807) is 0 Å². The molecular formula is C15H21IN2O2. The van der Waals surface area contributed by atoms with Crippen LogP contribution in [0.5, 0.6) is 0 Å². The Hall–Kier alpha value is -0.660. The number of hydrogen-bond donors (Lipinski definition) is 2. The van der Waals surface area contributed by atoms with E-state index in [-0.39, 0.29) is 6.54 Å². The van der Waals surface area contributed by atoms with E-state index in [9.17, 15) is 4.79 Å². The zero-order valence-electron chi connectivity index (χ0n) is 11.7. The van der Waals surface area contributed by atoms with E-state index in [1.807, 2.05) is 11.8 Å². The lowest BCUT2D eigenvalue weighted by Gasteiger charge is -2.42. The average molecular weight is 388 g/mol. The molecule has 0 spiro atoms. The van der Waals surface area contributed by atoms with E-state index in [4.69, 9.17) is 5.11 Å². The van der Waals surface area contributed by atoms with Crippen LogP contribution in [0.15, 0.2) is 24.3 Å². The fraction of sp³-hybridized carbons (Fsp3) is 0.533. The molecule has 1 aromatic rings. The predicted octanol–water partition coefficient (Wildman–Crippen LogP) is 2.32. The van der Waals surface area contributed by atoms with Gasteiger partial charge in [0.1, 0.15) is 0 Å². The third-order valence-corrected chi connectivity index (χ3v) is 4.53. The molecular weight excluding hydrogens is 367 g/mol. The highest BCUT2D eigenvalue weighted by atomic mass is 127. The van der Waals surface area contributed by atoms with Crippen molar-refractivity contribution in [3.05, 3.63) is 33.4 Å². The van der Waals surface area contributed by atoms with Crippen molar-refractivity contribution < 1.29 is 9.90 Å². The zero-order valence-corrected chi connectivity index (χ0v) is 13.8. The molecule has 1 aliphatic rings. The third-order valence-electron chi connectivity index (χ3n) is 3.86. The molecule has 1 aliphatic carbocycles. The Bertz CT molecular complexity index is 461. The van der Waals surface area contributed by atoms with Gasteiger partial charge in [-0.3, -0.25) is 9.69 Å². The van der Waals surface area contributed by atoms with E-state index in [0.29, 0.717) is 12.1 Å². The number of likely N-dealkylation sites (N-methyl/N-ethyl adjacent to an activating group) is 1. The number of benzene rings is 1. The second-order valence-electron chi connectivity index (χ2n) is 5.29. The van der Waals surface area contributed by atoms with Gasteiger partial charge in [0.2, 0.25) is 0 Å². The van der Waals surface area contributed by atoms with Crippen molar-refractivity contribution in [2.24, 2.45) is 0 Å². The smallest absolute Gasteiger partial charge is 0.317 e. The molecule has 20 heavy (non-hydrogen) atoms. The number of carboxylic acids is 1. The summed E-state index contributed by atoms with van der Waals surface area (Å²) in [4.78, 5) is 12.8. The van der Waals surface area contributed by atoms with Crippen LogP contribution in [-0.2, 0) is 11.3 Å². The highest BCUT2D eigenvalue weighted by molar-refractivity contribution is 14.1. The van der Waals surface area contributed by atoms with Crippen molar-refractivity contribution in [3.8, 4) is 0 Å². The summed E-state index contributed by atoms with van der Waals surface area (Å²) in [5.74, 6) is -0.734. The first kappa shape index (κ1) is 15.7. The summed E-state index contributed by atoms with van der Waals surface area (Å²) in [6.07, 6.45) is 2.09. The monoisotopic (exact) mass is 388 g/mol. The van der Waals surface area contributed by atoms with Gasteiger partial charge in [0.15, 0.2) is 0 Å². The van der Waals surface area contributed by atoms with Crippen molar-refractivity contribution in [1.82, 2.24) is 10.2 Å². The van der Waals surface area contributed by atoms with Crippen LogP contribution in [-0.4, -0.2) is 41.1 Å². The number of rotatable bonds is 7. The number of aliphatic carboxylic acids is 1. The Morgan fingerprint density at radius 2 is 2.25 bits per heavy atom. The number of halogens is 1. The minimum Gasteiger partial charge on any atom is -0.480 e. The summed E-state index contributed by atoms with van der Waals surface area (Å²) in [6.45, 7) is 3.88. The van der Waals surface area contributed by atoms with Crippen molar-refractivity contribution in [1.29, 1.82) is 0 Å². The SMILES string of the molecule is CCN(CC(=O)O)C1CC(NCc2cccc(I)c2)C1. The molecule has 1 saturated carbocycles. The lowest BCUT2D eigenvalue weighted by Crippen LogP contribution is -2.53. The largest absolute Gasteiger partial charge is 0.480 e. The number of nitrogens with zero attached hydrogens (tertiary/aromatic N) is 1. The van der Waals surface area contributed by atoms with Crippen LogP contribution in [0.3, 0.4) is 0 Å². The molecule has 0 saturated heterocycles. The standard InChI is InChI=1S/C15H21IN2O2/c1-2-18(10-15(19)20)14-7-13(8-14)17-9-11-4-3-5-12(16)6-11/h3-6,13-14,17H,2,7-10H2,1H3,(H,19,20). The van der Waals surface area contributed by atoms with Gasteiger partial charge in [-0.2, -0.15) is 0 Å². The molecule has 0 aliphatic heterocycles. The summed E-state index contributed by atoms with van der Waals surface area (Å²) in [7, 11) is 0. The molecule has 1 aromatic carbocycles. The van der Waals surface area contributed by atoms with Crippen LogP contribution in [0.25, 0.3) is 0 Å². The van der Waals surface area contributed by atoms with Crippen molar-refractivity contribution in [3.63, 3.8) is 0 Å². The van der Waals surface area contributed by atoms with E-state index in [2.05, 4.69) is 52.2 Å². The second kappa shape index (κ2) is 7.38. The maximum atomic E-state index is 10.8. The van der Waals surface area contributed by atoms with Gasteiger partial charge in [0.05, 0.1) is 6.54 Å². The fourth-order valence-electron chi connectivity index (χ4n) is 2.63. The quantitative estimate of drug-likeness (QED) is 0.705. The normalized spacial score (nSPS) is 21.8. The molecule has 0 amide bonds. The van der Waals surface area contributed by atoms with Gasteiger partial charge in [-0.25, -0.2) is 0 Å². The Labute approximate surface area is 133 Å². The first-order valence-electron chi connectivity index (χ1n) is 7.02. The Morgan fingerprint density at radius 1 is 1.50 bits per heavy atom. The highest BCUT2D eigenvalue weighted by Crippen LogP contribution is 2.25. The molecule has 0 unspecified atom stereocenters. The third kappa shape index (κ3) is 4.43. The molecule has 2 N–H and O–H groups in total. The van der Waals surface area contributed by atoms with Gasteiger partial charge in [-0.15, -0.1) is 0 Å². The van der Waals surface area contributed by atoms with Gasteiger partial charge in [-0.05, 0) is 59.7 Å². The van der Waals surface area contributed by atoms with Crippen molar-refractivity contribution >= 4 is 28.6 Å². The summed E-state index contributed by atoms with van der Waals surface area (Å²) >= 11 is 2.32. The Balaban J connectivity index is 1.72. The highest BCUT2D eigenvalue weighted by Gasteiger charge is 2.33. The minimum atomic E-state index is -0.734. The molecule has 0 atom stereocenters. The van der Waals surface area contributed by atoms with Crippen LogP contribution >= 0.6 is 22.6 Å². The van der Waals surface area contributed by atoms with Crippen molar-refractivity contribution in [2.75, 3.05) is 13.1 Å². The van der Waals surface area contributed by atoms with E-state index in [1.165, 1.54) is 9.13 Å². The number of hydrogen-bond acceptors (Lipinski definition) is 3.